The Kier molecular flexibility index (Phi) is 4.42. The smallest absolute Gasteiger partial charge is 0.182 e. The van der Waals surface area contributed by atoms with E-state index in [9.17, 15) is 0 Å². The lowest BCUT2D eigenvalue weighted by Crippen LogP contribution is -2.37. The Morgan fingerprint density at radius 3 is 2.86 bits per heavy atom. The second-order valence-corrected chi connectivity index (χ2v) is 5.16. The van der Waals surface area contributed by atoms with Gasteiger partial charge in [0.15, 0.2) is 5.82 Å². The van der Waals surface area contributed by atoms with E-state index in [1.54, 1.807) is 0 Å². The number of nitrogens with two attached hydrogens (primary N) is 1. The first-order chi connectivity index (χ1) is 10.3. The summed E-state index contributed by atoms with van der Waals surface area (Å²) in [4.78, 5) is 2.41. The highest BCUT2D eigenvalue weighted by Gasteiger charge is 2.12. The van der Waals surface area contributed by atoms with Crippen LogP contribution in [0.15, 0.2) is 24.3 Å². The molecule has 0 amide bonds. The molecule has 1 aliphatic heterocycles. The van der Waals surface area contributed by atoms with Gasteiger partial charge in [0.25, 0.3) is 0 Å². The molecule has 2 heterocycles. The number of aromatic nitrogens is 4. The second-order valence-electron chi connectivity index (χ2n) is 5.16. The van der Waals surface area contributed by atoms with E-state index in [1.807, 2.05) is 28.9 Å². The number of anilines is 1. The van der Waals surface area contributed by atoms with E-state index in [-0.39, 0.29) is 0 Å². The van der Waals surface area contributed by atoms with Crippen LogP contribution in [0.4, 0.5) is 5.69 Å². The standard InChI is InChI=1S/C14H20N6O/c15-13-4-1-3-12(11-13)14-16-17-18-20(14)6-2-5-19-7-9-21-10-8-19/h1,3-4,11H,2,5-10,15H2. The molecule has 1 aromatic heterocycles. The molecule has 1 aliphatic rings. The minimum Gasteiger partial charge on any atom is -0.399 e. The Morgan fingerprint density at radius 1 is 1.19 bits per heavy atom. The van der Waals surface area contributed by atoms with Gasteiger partial charge < -0.3 is 10.5 Å². The summed E-state index contributed by atoms with van der Waals surface area (Å²) in [5.74, 6) is 0.768. The Morgan fingerprint density at radius 2 is 2.05 bits per heavy atom. The molecule has 7 heteroatoms. The van der Waals surface area contributed by atoms with Crippen LogP contribution in [0.5, 0.6) is 0 Å². The highest BCUT2D eigenvalue weighted by Crippen LogP contribution is 2.18. The number of aryl methyl sites for hydroxylation is 1. The number of hydrogen-bond donors (Lipinski definition) is 1. The lowest BCUT2D eigenvalue weighted by Gasteiger charge is -2.26. The van der Waals surface area contributed by atoms with Gasteiger partial charge in [-0.25, -0.2) is 4.68 Å². The van der Waals surface area contributed by atoms with Gasteiger partial charge in [-0.2, -0.15) is 0 Å². The summed E-state index contributed by atoms with van der Waals surface area (Å²) >= 11 is 0. The molecule has 2 aromatic rings. The minimum absolute atomic E-state index is 0.718. The van der Waals surface area contributed by atoms with E-state index in [0.717, 1.165) is 62.9 Å². The summed E-state index contributed by atoms with van der Waals surface area (Å²) in [6.07, 6.45) is 1.01. The maximum Gasteiger partial charge on any atom is 0.182 e. The van der Waals surface area contributed by atoms with E-state index in [4.69, 9.17) is 10.5 Å². The van der Waals surface area contributed by atoms with Crippen molar-refractivity contribution >= 4 is 5.69 Å². The van der Waals surface area contributed by atoms with Crippen molar-refractivity contribution in [2.45, 2.75) is 13.0 Å². The van der Waals surface area contributed by atoms with Crippen LogP contribution in [0.3, 0.4) is 0 Å². The fourth-order valence-electron chi connectivity index (χ4n) is 2.51. The predicted octanol–water partition coefficient (Wildman–Crippen LogP) is 0.645. The summed E-state index contributed by atoms with van der Waals surface area (Å²) in [6.45, 7) is 5.53. The lowest BCUT2D eigenvalue weighted by atomic mass is 10.2. The maximum atomic E-state index is 5.82. The van der Waals surface area contributed by atoms with E-state index in [2.05, 4.69) is 20.4 Å². The van der Waals surface area contributed by atoms with Crippen LogP contribution in [-0.2, 0) is 11.3 Å². The van der Waals surface area contributed by atoms with Crippen LogP contribution in [-0.4, -0.2) is 58.0 Å². The molecule has 3 rings (SSSR count). The number of rotatable bonds is 5. The Hall–Kier alpha value is -1.99. The number of ether oxygens (including phenoxy) is 1. The van der Waals surface area contributed by atoms with Gasteiger partial charge in [0.1, 0.15) is 0 Å². The van der Waals surface area contributed by atoms with Crippen LogP contribution < -0.4 is 5.73 Å². The molecule has 0 bridgehead atoms. The van der Waals surface area contributed by atoms with E-state index < -0.39 is 0 Å². The zero-order chi connectivity index (χ0) is 14.5. The van der Waals surface area contributed by atoms with Crippen molar-refractivity contribution in [3.63, 3.8) is 0 Å². The number of nitrogens with zero attached hydrogens (tertiary/aromatic N) is 5. The lowest BCUT2D eigenvalue weighted by molar-refractivity contribution is 0.0368. The molecular weight excluding hydrogens is 268 g/mol. The first-order valence-corrected chi connectivity index (χ1v) is 7.25. The van der Waals surface area contributed by atoms with Crippen LogP contribution >= 0.6 is 0 Å². The third-order valence-electron chi connectivity index (χ3n) is 3.62. The molecule has 0 spiro atoms. The molecule has 112 valence electrons. The highest BCUT2D eigenvalue weighted by molar-refractivity contribution is 5.60. The van der Waals surface area contributed by atoms with Gasteiger partial charge in [0, 0.05) is 37.4 Å². The van der Waals surface area contributed by atoms with Crippen molar-refractivity contribution in [2.75, 3.05) is 38.6 Å². The normalized spacial score (nSPS) is 16.2. The van der Waals surface area contributed by atoms with Gasteiger partial charge in [-0.15, -0.1) is 5.10 Å². The summed E-state index contributed by atoms with van der Waals surface area (Å²) in [7, 11) is 0. The molecule has 0 saturated carbocycles. The third-order valence-corrected chi connectivity index (χ3v) is 3.62. The van der Waals surface area contributed by atoms with Crippen molar-refractivity contribution in [1.82, 2.24) is 25.1 Å². The first-order valence-electron chi connectivity index (χ1n) is 7.25. The molecule has 2 N–H and O–H groups in total. The Bertz CT molecular complexity index is 578. The quantitative estimate of drug-likeness (QED) is 0.813. The molecule has 1 saturated heterocycles. The van der Waals surface area contributed by atoms with Gasteiger partial charge >= 0.3 is 0 Å². The molecule has 21 heavy (non-hydrogen) atoms. The molecule has 0 atom stereocenters. The Balaban J connectivity index is 1.60. The number of nitrogen functional groups attached to an aromatic ring is 1. The van der Waals surface area contributed by atoms with Crippen LogP contribution in [0.2, 0.25) is 0 Å². The van der Waals surface area contributed by atoms with Crippen molar-refractivity contribution in [3.8, 4) is 11.4 Å². The zero-order valence-corrected chi connectivity index (χ0v) is 12.0. The molecule has 0 unspecified atom stereocenters. The van der Waals surface area contributed by atoms with Crippen LogP contribution in [0.1, 0.15) is 6.42 Å². The molecule has 7 nitrogen and oxygen atoms in total. The molecule has 1 aromatic carbocycles. The number of benzene rings is 1. The monoisotopic (exact) mass is 288 g/mol. The molecule has 1 fully saturated rings. The van der Waals surface area contributed by atoms with Gasteiger partial charge in [0.05, 0.1) is 13.2 Å². The summed E-state index contributed by atoms with van der Waals surface area (Å²) in [6, 6.07) is 7.64. The van der Waals surface area contributed by atoms with Crippen molar-refractivity contribution < 1.29 is 4.74 Å². The van der Waals surface area contributed by atoms with Crippen molar-refractivity contribution in [2.24, 2.45) is 0 Å². The minimum atomic E-state index is 0.718. The highest BCUT2D eigenvalue weighted by atomic mass is 16.5. The first kappa shape index (κ1) is 14.0. The van der Waals surface area contributed by atoms with Gasteiger partial charge in [-0.1, -0.05) is 12.1 Å². The average Bonchev–Trinajstić information content (AvgIpc) is 2.97. The largest absolute Gasteiger partial charge is 0.399 e. The maximum absolute atomic E-state index is 5.82. The van der Waals surface area contributed by atoms with Crippen LogP contribution in [0, 0.1) is 0 Å². The van der Waals surface area contributed by atoms with Gasteiger partial charge in [-0.05, 0) is 29.0 Å². The molecule has 0 radical (unpaired) electrons. The van der Waals surface area contributed by atoms with E-state index in [0.29, 0.717) is 0 Å². The van der Waals surface area contributed by atoms with Crippen LogP contribution in [0.25, 0.3) is 11.4 Å². The fourth-order valence-corrected chi connectivity index (χ4v) is 2.51. The van der Waals surface area contributed by atoms with E-state index >= 15 is 0 Å². The Labute approximate surface area is 123 Å². The third kappa shape index (κ3) is 3.56. The van der Waals surface area contributed by atoms with E-state index in [1.165, 1.54) is 0 Å². The zero-order valence-electron chi connectivity index (χ0n) is 12.0. The fraction of sp³-hybridized carbons (Fsp3) is 0.500. The number of morpholine rings is 1. The van der Waals surface area contributed by atoms with Crippen molar-refractivity contribution in [3.05, 3.63) is 24.3 Å². The second kappa shape index (κ2) is 6.64. The summed E-state index contributed by atoms with van der Waals surface area (Å²) in [5, 5.41) is 12.0. The topological polar surface area (TPSA) is 82.1 Å². The molecule has 0 aliphatic carbocycles. The SMILES string of the molecule is Nc1cccc(-c2nnnn2CCCN2CCOCC2)c1. The predicted molar refractivity (Wildman–Crippen MR) is 79.5 cm³/mol. The van der Waals surface area contributed by atoms with Gasteiger partial charge in [0.2, 0.25) is 0 Å². The number of hydrogen-bond acceptors (Lipinski definition) is 6. The van der Waals surface area contributed by atoms with Crippen molar-refractivity contribution in [1.29, 1.82) is 0 Å². The summed E-state index contributed by atoms with van der Waals surface area (Å²) in [5.41, 5.74) is 7.48. The summed E-state index contributed by atoms with van der Waals surface area (Å²) < 4.78 is 7.19. The molecular formula is C14H20N6O. The average molecular weight is 288 g/mol. The number of tetrazole rings is 1. The van der Waals surface area contributed by atoms with Gasteiger partial charge in [-0.3, -0.25) is 4.90 Å².